The molecule has 2 aliphatic rings. The largest absolute Gasteiger partial charge is 0.416 e. The van der Waals surface area contributed by atoms with Crippen LogP contribution in [0.3, 0.4) is 0 Å². The lowest BCUT2D eigenvalue weighted by molar-refractivity contribution is -0.137. The molecular weight excluding hydrogens is 495 g/mol. The highest BCUT2D eigenvalue weighted by molar-refractivity contribution is 5.51. The van der Waals surface area contributed by atoms with E-state index in [1.807, 2.05) is 34.7 Å². The highest BCUT2D eigenvalue weighted by atomic mass is 19.4. The molecule has 2 unspecified atom stereocenters. The van der Waals surface area contributed by atoms with Crippen molar-refractivity contribution >= 4 is 11.4 Å². The minimum absolute atomic E-state index is 0.329. The molecule has 4 rings (SSSR count). The molecule has 1 fully saturated rings. The van der Waals surface area contributed by atoms with E-state index >= 15 is 0 Å². The molecule has 1 N–H and O–H groups in total. The van der Waals surface area contributed by atoms with Crippen molar-refractivity contribution < 1.29 is 13.2 Å². The second-order valence-electron chi connectivity index (χ2n) is 9.07. The van der Waals surface area contributed by atoms with E-state index in [1.165, 1.54) is 23.3 Å². The van der Waals surface area contributed by atoms with Gasteiger partial charge in [0.2, 0.25) is 0 Å². The van der Waals surface area contributed by atoms with Crippen molar-refractivity contribution in [3.63, 3.8) is 0 Å². The minimum Gasteiger partial charge on any atom is -0.388 e. The Morgan fingerprint density at radius 2 is 1.49 bits per heavy atom. The van der Waals surface area contributed by atoms with Crippen LogP contribution in [0.4, 0.5) is 24.5 Å². The van der Waals surface area contributed by atoms with Crippen LogP contribution in [0.15, 0.2) is 85.6 Å². The van der Waals surface area contributed by atoms with Crippen molar-refractivity contribution in [3.05, 3.63) is 96.7 Å². The van der Waals surface area contributed by atoms with Gasteiger partial charge in [-0.1, -0.05) is 59.4 Å². The lowest BCUT2D eigenvalue weighted by atomic mass is 9.77. The smallest absolute Gasteiger partial charge is 0.388 e. The van der Waals surface area contributed by atoms with E-state index < -0.39 is 11.7 Å². The Morgan fingerprint density at radius 1 is 0.897 bits per heavy atom. The van der Waals surface area contributed by atoms with Gasteiger partial charge in [-0.05, 0) is 66.3 Å². The Kier molecular flexibility index (Phi) is 14.5. The Morgan fingerprint density at radius 3 is 2.03 bits per heavy atom. The molecule has 0 radical (unpaired) electrons. The molecule has 216 valence electrons. The van der Waals surface area contributed by atoms with Crippen LogP contribution in [0.25, 0.3) is 0 Å². The number of nitrogens with one attached hydrogen (secondary N) is 1. The Labute approximate surface area is 235 Å². The molecule has 1 heterocycles. The van der Waals surface area contributed by atoms with Crippen molar-refractivity contribution in [2.24, 2.45) is 5.92 Å². The Bertz CT molecular complexity index is 1020. The maximum Gasteiger partial charge on any atom is 0.416 e. The fraction of sp³-hybridized carbons (Fsp3) is 0.455. The molecule has 3 nitrogen and oxygen atoms in total. The van der Waals surface area contributed by atoms with Crippen molar-refractivity contribution in [1.29, 1.82) is 0 Å². The number of halogens is 3. The van der Waals surface area contributed by atoms with Crippen LogP contribution >= 0.6 is 0 Å². The number of rotatable bonds is 5. The molecule has 2 aromatic carbocycles. The van der Waals surface area contributed by atoms with Gasteiger partial charge in [0.05, 0.1) is 5.56 Å². The molecule has 0 amide bonds. The second-order valence-corrected chi connectivity index (χ2v) is 9.07. The molecule has 0 aromatic heterocycles. The average Bonchev–Trinajstić information content (AvgIpc) is 2.99. The quantitative estimate of drug-likeness (QED) is 0.379. The molecule has 0 saturated carbocycles. The zero-order chi connectivity index (χ0) is 29.6. The van der Waals surface area contributed by atoms with Crippen LogP contribution in [-0.4, -0.2) is 38.1 Å². The number of hydrogen-bond donors (Lipinski definition) is 1. The maximum atomic E-state index is 12.9. The normalized spacial score (nSPS) is 18.6. The topological polar surface area (TPSA) is 18.5 Å². The van der Waals surface area contributed by atoms with Gasteiger partial charge in [-0.15, -0.1) is 13.2 Å². The third kappa shape index (κ3) is 9.22. The first-order chi connectivity index (χ1) is 18.8. The van der Waals surface area contributed by atoms with Gasteiger partial charge in [0.1, 0.15) is 0 Å². The summed E-state index contributed by atoms with van der Waals surface area (Å²) in [5.41, 5.74) is 5.04. The van der Waals surface area contributed by atoms with Crippen LogP contribution in [0, 0.1) is 5.92 Å². The number of allylic oxidation sites excluding steroid dienone is 2. The summed E-state index contributed by atoms with van der Waals surface area (Å²) in [4.78, 5) is 4.48. The predicted octanol–water partition coefficient (Wildman–Crippen LogP) is 9.38. The molecule has 1 saturated heterocycles. The number of anilines is 2. The van der Waals surface area contributed by atoms with E-state index in [4.69, 9.17) is 0 Å². The number of nitrogens with zero attached hydrogens (tertiary/aromatic N) is 2. The summed E-state index contributed by atoms with van der Waals surface area (Å²) in [5.74, 6) is 0.851. The predicted molar refractivity (Wildman–Crippen MR) is 164 cm³/mol. The Hall–Kier alpha value is -3.15. The van der Waals surface area contributed by atoms with Gasteiger partial charge in [-0.25, -0.2) is 0 Å². The molecular formula is C33H48F3N3. The molecule has 1 aliphatic carbocycles. The lowest BCUT2D eigenvalue weighted by Gasteiger charge is -2.41. The molecule has 0 spiro atoms. The summed E-state index contributed by atoms with van der Waals surface area (Å²) in [6, 6.07) is 14.1. The third-order valence-electron chi connectivity index (χ3n) is 6.88. The van der Waals surface area contributed by atoms with Gasteiger partial charge in [0.25, 0.3) is 0 Å². The summed E-state index contributed by atoms with van der Waals surface area (Å²) in [5, 5.41) is 3.23. The van der Waals surface area contributed by atoms with E-state index in [1.54, 1.807) is 12.1 Å². The summed E-state index contributed by atoms with van der Waals surface area (Å²) in [7, 11) is 1.94. The highest BCUT2D eigenvalue weighted by Gasteiger charge is 2.31. The van der Waals surface area contributed by atoms with Gasteiger partial charge in [-0.3, -0.25) is 0 Å². The van der Waals surface area contributed by atoms with Crippen LogP contribution < -0.4 is 10.2 Å². The summed E-state index contributed by atoms with van der Waals surface area (Å²) >= 11 is 0. The zero-order valence-corrected chi connectivity index (χ0v) is 24.7. The van der Waals surface area contributed by atoms with E-state index in [-0.39, 0.29) is 0 Å². The van der Waals surface area contributed by atoms with Gasteiger partial charge in [0.15, 0.2) is 0 Å². The second kappa shape index (κ2) is 16.7. The SMILES string of the molecule is C=C.C=C(C1=CC(C)CCC1c1cccc(NC)c1)N1CCN(c2ccc(C(F)(F)F)cc2)CC1.CC.CC. The van der Waals surface area contributed by atoms with Crippen molar-refractivity contribution in [3.8, 4) is 0 Å². The van der Waals surface area contributed by atoms with Gasteiger partial charge in [0, 0.05) is 56.2 Å². The van der Waals surface area contributed by atoms with Crippen LogP contribution in [0.2, 0.25) is 0 Å². The third-order valence-corrected chi connectivity index (χ3v) is 6.88. The van der Waals surface area contributed by atoms with E-state index in [0.29, 0.717) is 11.8 Å². The molecule has 2 atom stereocenters. The van der Waals surface area contributed by atoms with Gasteiger partial charge >= 0.3 is 6.18 Å². The summed E-state index contributed by atoms with van der Waals surface area (Å²) in [6.07, 6.45) is 0.339. The first-order valence-corrected chi connectivity index (χ1v) is 14.1. The monoisotopic (exact) mass is 543 g/mol. The highest BCUT2D eigenvalue weighted by Crippen LogP contribution is 2.41. The van der Waals surface area contributed by atoms with Gasteiger partial charge < -0.3 is 15.1 Å². The standard InChI is InChI=1S/C27H32F3N3.2C2H6.C2H4/c1-19-7-12-25(21-5-4-6-23(18-21)31-3)26(17-19)20(2)32-13-15-33(16-14-32)24-10-8-22(9-11-24)27(28,29)30;3*1-2/h4-6,8-11,17-19,25,31H,2,7,12-16H2,1,3H3;2*1-2H3;1-2H2. The fourth-order valence-electron chi connectivity index (χ4n) is 4.92. The summed E-state index contributed by atoms with van der Waals surface area (Å²) in [6.45, 7) is 23.9. The molecule has 39 heavy (non-hydrogen) atoms. The number of piperazine rings is 1. The maximum absolute atomic E-state index is 12.9. The number of benzene rings is 2. The van der Waals surface area contributed by atoms with Gasteiger partial charge in [-0.2, -0.15) is 13.2 Å². The van der Waals surface area contributed by atoms with Crippen LogP contribution in [0.1, 0.15) is 64.5 Å². The summed E-state index contributed by atoms with van der Waals surface area (Å²) < 4.78 is 38.6. The van der Waals surface area contributed by atoms with E-state index in [9.17, 15) is 13.2 Å². The molecule has 1 aliphatic heterocycles. The molecule has 0 bridgehead atoms. The van der Waals surface area contributed by atoms with E-state index in [2.05, 4.69) is 72.1 Å². The van der Waals surface area contributed by atoms with Crippen molar-refractivity contribution in [1.82, 2.24) is 4.90 Å². The average molecular weight is 544 g/mol. The number of alkyl halides is 3. The van der Waals surface area contributed by atoms with Crippen molar-refractivity contribution in [2.75, 3.05) is 43.4 Å². The lowest BCUT2D eigenvalue weighted by Crippen LogP contribution is -2.46. The number of hydrogen-bond acceptors (Lipinski definition) is 3. The molecule has 6 heteroatoms. The van der Waals surface area contributed by atoms with Crippen LogP contribution in [-0.2, 0) is 6.18 Å². The molecule has 2 aromatic rings. The Balaban J connectivity index is 0.00000119. The van der Waals surface area contributed by atoms with E-state index in [0.717, 1.165) is 56.1 Å². The van der Waals surface area contributed by atoms with Crippen molar-refractivity contribution in [2.45, 2.75) is 59.6 Å². The minimum atomic E-state index is -4.30. The zero-order valence-electron chi connectivity index (χ0n) is 24.7. The van der Waals surface area contributed by atoms with Crippen LogP contribution in [0.5, 0.6) is 0 Å². The first kappa shape index (κ1) is 33.9. The fourth-order valence-corrected chi connectivity index (χ4v) is 4.92. The first-order valence-electron chi connectivity index (χ1n) is 14.1.